The van der Waals surface area contributed by atoms with E-state index < -0.39 is 47.9 Å². The summed E-state index contributed by atoms with van der Waals surface area (Å²) < 4.78 is 0. The summed E-state index contributed by atoms with van der Waals surface area (Å²) in [6, 6.07) is 9.61. The number of fused-ring (bicyclic) bond motifs is 1. The highest BCUT2D eigenvalue weighted by atomic mass is 32.2. The molecule has 13 heteroatoms. The molecule has 0 bridgehead atoms. The number of aromatic hydroxyl groups is 1. The SMILES string of the molecule is CSCCC(NC(=O)C(N)Cc1c[nH]c2ccccc12)C(=O)NC(CCSC)C(=O)NC(Cc1ccc(O)cc1)C(=O)O. The molecule has 1 heterocycles. The van der Waals surface area contributed by atoms with Gasteiger partial charge in [0.25, 0.3) is 0 Å². The molecule has 3 rings (SSSR count). The van der Waals surface area contributed by atoms with Gasteiger partial charge in [-0.25, -0.2) is 4.79 Å². The highest BCUT2D eigenvalue weighted by molar-refractivity contribution is 7.98. The van der Waals surface area contributed by atoms with Crippen molar-refractivity contribution in [1.82, 2.24) is 20.9 Å². The lowest BCUT2D eigenvalue weighted by molar-refractivity contribution is -0.142. The Morgan fingerprint density at radius 1 is 0.814 bits per heavy atom. The maximum Gasteiger partial charge on any atom is 0.326 e. The largest absolute Gasteiger partial charge is 0.508 e. The monoisotopic (exact) mass is 629 g/mol. The first-order valence-corrected chi connectivity index (χ1v) is 16.6. The lowest BCUT2D eigenvalue weighted by Gasteiger charge is -2.25. The zero-order valence-corrected chi connectivity index (χ0v) is 25.8. The summed E-state index contributed by atoms with van der Waals surface area (Å²) in [5, 5.41) is 28.2. The molecule has 3 aromatic rings. The van der Waals surface area contributed by atoms with Crippen molar-refractivity contribution >= 4 is 58.1 Å². The Bertz CT molecular complexity index is 1380. The van der Waals surface area contributed by atoms with Gasteiger partial charge < -0.3 is 36.9 Å². The van der Waals surface area contributed by atoms with Crippen LogP contribution in [-0.4, -0.2) is 87.1 Å². The molecule has 0 aliphatic rings. The van der Waals surface area contributed by atoms with E-state index in [1.165, 1.54) is 35.7 Å². The van der Waals surface area contributed by atoms with Gasteiger partial charge in [0.05, 0.1) is 6.04 Å². The number of amides is 3. The zero-order valence-electron chi connectivity index (χ0n) is 24.2. The topological polar surface area (TPSA) is 187 Å². The van der Waals surface area contributed by atoms with Crippen molar-refractivity contribution in [3.63, 3.8) is 0 Å². The van der Waals surface area contributed by atoms with Crippen LogP contribution in [0.3, 0.4) is 0 Å². The number of hydrogen-bond donors (Lipinski definition) is 7. The van der Waals surface area contributed by atoms with Gasteiger partial charge in [0.15, 0.2) is 0 Å². The molecule has 0 spiro atoms. The summed E-state index contributed by atoms with van der Waals surface area (Å²) in [6.07, 6.45) is 6.39. The minimum Gasteiger partial charge on any atom is -0.508 e. The van der Waals surface area contributed by atoms with E-state index in [2.05, 4.69) is 20.9 Å². The number of phenols is 1. The number of aromatic amines is 1. The molecule has 0 radical (unpaired) electrons. The number of carbonyl (C=O) groups excluding carboxylic acids is 3. The van der Waals surface area contributed by atoms with Crippen LogP contribution in [0.15, 0.2) is 54.7 Å². The van der Waals surface area contributed by atoms with Crippen LogP contribution in [0.2, 0.25) is 0 Å². The normalized spacial score (nSPS) is 13.9. The number of H-pyrrole nitrogens is 1. The molecule has 4 atom stereocenters. The summed E-state index contributed by atoms with van der Waals surface area (Å²) in [4.78, 5) is 54.9. The molecule has 0 saturated heterocycles. The van der Waals surface area contributed by atoms with Crippen molar-refractivity contribution < 1.29 is 29.4 Å². The third-order valence-electron chi connectivity index (χ3n) is 6.93. The van der Waals surface area contributed by atoms with Crippen molar-refractivity contribution in [1.29, 1.82) is 0 Å². The summed E-state index contributed by atoms with van der Waals surface area (Å²) in [5.74, 6) is -1.76. The number of benzene rings is 2. The molecule has 3 amide bonds. The van der Waals surface area contributed by atoms with Gasteiger partial charge in [0, 0.05) is 23.5 Å². The number of carboxylic acid groups (broad SMARTS) is 1. The number of aliphatic carboxylic acids is 1. The number of carbonyl (C=O) groups is 4. The molecule has 8 N–H and O–H groups in total. The van der Waals surface area contributed by atoms with Gasteiger partial charge in [-0.1, -0.05) is 30.3 Å². The molecule has 2 aromatic carbocycles. The number of nitrogens with one attached hydrogen (secondary N) is 4. The molecule has 0 aliphatic carbocycles. The van der Waals surface area contributed by atoms with E-state index in [1.54, 1.807) is 12.1 Å². The molecule has 0 aliphatic heterocycles. The first-order chi connectivity index (χ1) is 20.6. The van der Waals surface area contributed by atoms with Crippen molar-refractivity contribution in [2.24, 2.45) is 5.73 Å². The first-order valence-electron chi connectivity index (χ1n) is 13.8. The fraction of sp³-hybridized carbons (Fsp3) is 0.400. The maximum atomic E-state index is 13.4. The average Bonchev–Trinajstić information content (AvgIpc) is 3.40. The zero-order chi connectivity index (χ0) is 31.4. The second kappa shape index (κ2) is 16.8. The minimum atomic E-state index is -1.25. The summed E-state index contributed by atoms with van der Waals surface area (Å²) in [7, 11) is 0. The molecular weight excluding hydrogens is 590 g/mol. The van der Waals surface area contributed by atoms with E-state index in [9.17, 15) is 29.4 Å². The van der Waals surface area contributed by atoms with Crippen molar-refractivity contribution in [3.8, 4) is 5.75 Å². The van der Waals surface area contributed by atoms with Gasteiger partial charge in [-0.15, -0.1) is 0 Å². The smallest absolute Gasteiger partial charge is 0.326 e. The lowest BCUT2D eigenvalue weighted by atomic mass is 10.0. The molecule has 1 aromatic heterocycles. The van der Waals surface area contributed by atoms with Crippen LogP contribution in [0.1, 0.15) is 24.0 Å². The van der Waals surface area contributed by atoms with Crippen LogP contribution in [0.5, 0.6) is 5.75 Å². The fourth-order valence-corrected chi connectivity index (χ4v) is 5.47. The summed E-state index contributed by atoms with van der Waals surface area (Å²) in [6.45, 7) is 0. The Kier molecular flexibility index (Phi) is 13.2. The summed E-state index contributed by atoms with van der Waals surface area (Å²) >= 11 is 2.99. The van der Waals surface area contributed by atoms with E-state index in [-0.39, 0.29) is 25.0 Å². The second-order valence-electron chi connectivity index (χ2n) is 10.1. The quantitative estimate of drug-likeness (QED) is 0.117. The van der Waals surface area contributed by atoms with Gasteiger partial charge in [-0.3, -0.25) is 14.4 Å². The lowest BCUT2D eigenvalue weighted by Crippen LogP contribution is -2.57. The number of thioether (sulfide) groups is 2. The molecule has 0 saturated carbocycles. The Labute approximate surface area is 259 Å². The molecule has 232 valence electrons. The van der Waals surface area contributed by atoms with E-state index in [1.807, 2.05) is 43.0 Å². The average molecular weight is 630 g/mol. The number of carboxylic acids is 1. The summed E-state index contributed by atoms with van der Waals surface area (Å²) in [5.41, 5.74) is 8.68. The maximum absolute atomic E-state index is 13.4. The Morgan fingerprint density at radius 3 is 1.95 bits per heavy atom. The van der Waals surface area contributed by atoms with Crippen molar-refractivity contribution in [2.75, 3.05) is 24.0 Å². The van der Waals surface area contributed by atoms with E-state index in [0.717, 1.165) is 16.5 Å². The standard InChI is InChI=1S/C30H39N5O6S2/c1-42-13-11-24(33-27(37)22(31)16-19-17-32-23-6-4-3-5-21(19)23)28(38)34-25(12-14-43-2)29(39)35-26(30(40)41)15-18-7-9-20(36)10-8-18/h3-10,17,22,24-26,32,36H,11-16,31H2,1-2H3,(H,33,37)(H,34,38)(H,35,39)(H,40,41). The van der Waals surface area contributed by atoms with Crippen LogP contribution in [0, 0.1) is 0 Å². The van der Waals surface area contributed by atoms with E-state index >= 15 is 0 Å². The van der Waals surface area contributed by atoms with Gasteiger partial charge >= 0.3 is 5.97 Å². The second-order valence-corrected chi connectivity index (χ2v) is 12.1. The molecular formula is C30H39N5O6S2. The van der Waals surface area contributed by atoms with E-state index in [0.29, 0.717) is 23.5 Å². The van der Waals surface area contributed by atoms with Gasteiger partial charge in [0.1, 0.15) is 23.9 Å². The Morgan fingerprint density at radius 2 is 1.37 bits per heavy atom. The molecule has 11 nitrogen and oxygen atoms in total. The number of aromatic nitrogens is 1. The number of phenolic OH excluding ortho intramolecular Hbond substituents is 1. The first kappa shape index (κ1) is 33.8. The number of para-hydroxylation sites is 1. The van der Waals surface area contributed by atoms with Crippen LogP contribution in [-0.2, 0) is 32.0 Å². The molecule has 0 fully saturated rings. The van der Waals surface area contributed by atoms with Crippen LogP contribution in [0.25, 0.3) is 10.9 Å². The van der Waals surface area contributed by atoms with Gasteiger partial charge in [-0.2, -0.15) is 23.5 Å². The Hall–Kier alpha value is -3.68. The number of hydrogen-bond acceptors (Lipinski definition) is 8. The third-order valence-corrected chi connectivity index (χ3v) is 8.22. The van der Waals surface area contributed by atoms with Gasteiger partial charge in [0.2, 0.25) is 17.7 Å². The Balaban J connectivity index is 1.68. The van der Waals surface area contributed by atoms with Crippen LogP contribution < -0.4 is 21.7 Å². The highest BCUT2D eigenvalue weighted by Crippen LogP contribution is 2.19. The van der Waals surface area contributed by atoms with Crippen molar-refractivity contribution in [3.05, 3.63) is 65.9 Å². The third kappa shape index (κ3) is 10.2. The van der Waals surface area contributed by atoms with Crippen LogP contribution >= 0.6 is 23.5 Å². The van der Waals surface area contributed by atoms with Crippen LogP contribution in [0.4, 0.5) is 0 Å². The minimum absolute atomic E-state index is 0.00866. The molecule has 4 unspecified atom stereocenters. The number of nitrogens with two attached hydrogens (primary N) is 1. The fourth-order valence-electron chi connectivity index (χ4n) is 4.53. The van der Waals surface area contributed by atoms with E-state index in [4.69, 9.17) is 5.73 Å². The van der Waals surface area contributed by atoms with Gasteiger partial charge in [-0.05, 0) is 72.6 Å². The molecule has 43 heavy (non-hydrogen) atoms. The number of rotatable bonds is 17. The predicted molar refractivity (Wildman–Crippen MR) is 171 cm³/mol. The van der Waals surface area contributed by atoms with Crippen molar-refractivity contribution in [2.45, 2.75) is 49.9 Å². The highest BCUT2D eigenvalue weighted by Gasteiger charge is 2.30. The predicted octanol–water partition coefficient (Wildman–Crippen LogP) is 2.03.